The molecule has 0 spiro atoms. The van der Waals surface area contributed by atoms with Crippen molar-refractivity contribution < 1.29 is 34.2 Å². The van der Waals surface area contributed by atoms with Gasteiger partial charge in [0.05, 0.1) is 12.5 Å². The average molecular weight is 541 g/mol. The number of hydrogen-bond acceptors (Lipinski definition) is 6. The van der Waals surface area contributed by atoms with E-state index in [0.29, 0.717) is 12.0 Å². The summed E-state index contributed by atoms with van der Waals surface area (Å²) in [5.41, 5.74) is 7.47. The van der Waals surface area contributed by atoms with E-state index in [4.69, 9.17) is 5.73 Å². The molecule has 0 fully saturated rings. The van der Waals surface area contributed by atoms with Crippen LogP contribution in [0.1, 0.15) is 37.8 Å². The smallest absolute Gasteiger partial charge is 0.326 e. The van der Waals surface area contributed by atoms with Crippen LogP contribution in [-0.2, 0) is 36.8 Å². The second-order valence-corrected chi connectivity index (χ2v) is 9.42. The molecule has 2 rings (SSSR count). The minimum Gasteiger partial charge on any atom is -0.481 e. The summed E-state index contributed by atoms with van der Waals surface area (Å²) in [6, 6.07) is 12.7. The molecule has 0 aliphatic rings. The molecule has 2 aromatic rings. The minimum atomic E-state index is -1.50. The minimum absolute atomic E-state index is 0.0279. The van der Waals surface area contributed by atoms with Gasteiger partial charge in [0.25, 0.3) is 0 Å². The van der Waals surface area contributed by atoms with Crippen molar-refractivity contribution >= 4 is 29.7 Å². The maximum atomic E-state index is 13.1. The number of benzene rings is 2. The highest BCUT2D eigenvalue weighted by atomic mass is 16.4. The maximum absolute atomic E-state index is 13.1. The van der Waals surface area contributed by atoms with E-state index in [1.165, 1.54) is 0 Å². The number of amides is 3. The Balaban J connectivity index is 2.14. The summed E-state index contributed by atoms with van der Waals surface area (Å²) in [5.74, 6) is -5.37. The Hall–Kier alpha value is -4.25. The second-order valence-electron chi connectivity index (χ2n) is 9.42. The first-order valence-corrected chi connectivity index (χ1v) is 12.7. The summed E-state index contributed by atoms with van der Waals surface area (Å²) in [6.07, 6.45) is -0.0903. The van der Waals surface area contributed by atoms with Crippen LogP contribution in [0.15, 0.2) is 60.7 Å². The highest BCUT2D eigenvalue weighted by Crippen LogP contribution is 2.11. The first-order chi connectivity index (χ1) is 18.5. The van der Waals surface area contributed by atoms with Gasteiger partial charge in [-0.3, -0.25) is 19.2 Å². The third-order valence-corrected chi connectivity index (χ3v) is 6.34. The lowest BCUT2D eigenvalue weighted by Gasteiger charge is -2.27. The molecule has 7 N–H and O–H groups in total. The molecule has 2 aromatic carbocycles. The Morgan fingerprint density at radius 2 is 1.26 bits per heavy atom. The summed E-state index contributed by atoms with van der Waals surface area (Å²) in [6.45, 7) is 3.48. The maximum Gasteiger partial charge on any atom is 0.326 e. The van der Waals surface area contributed by atoms with E-state index >= 15 is 0 Å². The molecule has 210 valence electrons. The Morgan fingerprint density at radius 3 is 1.74 bits per heavy atom. The van der Waals surface area contributed by atoms with E-state index < -0.39 is 66.2 Å². The zero-order valence-electron chi connectivity index (χ0n) is 22.0. The first kappa shape index (κ1) is 31.0. The zero-order valence-corrected chi connectivity index (χ0v) is 22.0. The van der Waals surface area contributed by atoms with Gasteiger partial charge >= 0.3 is 11.9 Å². The van der Waals surface area contributed by atoms with Crippen molar-refractivity contribution in [3.63, 3.8) is 0 Å². The fourth-order valence-corrected chi connectivity index (χ4v) is 3.89. The Bertz CT molecular complexity index is 1130. The number of hydrogen-bond donors (Lipinski definition) is 6. The monoisotopic (exact) mass is 540 g/mol. The molecule has 0 radical (unpaired) electrons. The van der Waals surface area contributed by atoms with Gasteiger partial charge in [-0.2, -0.15) is 0 Å². The first-order valence-electron chi connectivity index (χ1n) is 12.7. The predicted octanol–water partition coefficient (Wildman–Crippen LogP) is 0.859. The third-order valence-electron chi connectivity index (χ3n) is 6.34. The van der Waals surface area contributed by atoms with E-state index in [-0.39, 0.29) is 12.8 Å². The molecule has 3 amide bonds. The van der Waals surface area contributed by atoms with Gasteiger partial charge in [-0.25, -0.2) is 4.79 Å². The van der Waals surface area contributed by atoms with Gasteiger partial charge in [-0.15, -0.1) is 0 Å². The van der Waals surface area contributed by atoms with Crippen molar-refractivity contribution in [2.75, 3.05) is 0 Å². The molecule has 39 heavy (non-hydrogen) atoms. The number of carboxylic acid groups (broad SMARTS) is 2. The van der Waals surface area contributed by atoms with E-state index in [0.717, 1.165) is 5.56 Å². The molecule has 0 aromatic heterocycles. The van der Waals surface area contributed by atoms with Crippen LogP contribution in [0.25, 0.3) is 0 Å². The number of carbonyl (C=O) groups excluding carboxylic acids is 3. The van der Waals surface area contributed by atoms with Crippen molar-refractivity contribution in [2.45, 2.75) is 63.7 Å². The largest absolute Gasteiger partial charge is 0.481 e. The van der Waals surface area contributed by atoms with Gasteiger partial charge in [0.1, 0.15) is 18.1 Å². The van der Waals surface area contributed by atoms with E-state index in [1.54, 1.807) is 68.4 Å². The van der Waals surface area contributed by atoms with Crippen LogP contribution in [0.2, 0.25) is 0 Å². The summed E-state index contributed by atoms with van der Waals surface area (Å²) in [7, 11) is 0. The fourth-order valence-electron chi connectivity index (χ4n) is 3.89. The summed E-state index contributed by atoms with van der Waals surface area (Å²) in [5, 5.41) is 26.4. The fraction of sp³-hybridized carbons (Fsp3) is 0.393. The molecule has 0 aliphatic heterocycles. The molecule has 11 nitrogen and oxygen atoms in total. The van der Waals surface area contributed by atoms with Crippen LogP contribution in [0.4, 0.5) is 0 Å². The van der Waals surface area contributed by atoms with Gasteiger partial charge < -0.3 is 31.9 Å². The molecular weight excluding hydrogens is 504 g/mol. The SMILES string of the molecule is CCC(C)C(NC(=O)C(CC(=O)O)NC(=O)C(N)Cc1ccccc1)C(=O)NC(Cc1ccccc1)C(=O)O. The molecule has 0 saturated heterocycles. The number of aliphatic carboxylic acids is 2. The number of rotatable bonds is 15. The molecule has 0 aliphatic carbocycles. The number of carboxylic acids is 2. The average Bonchev–Trinajstić information content (AvgIpc) is 2.91. The van der Waals surface area contributed by atoms with Crippen LogP contribution in [0.5, 0.6) is 0 Å². The van der Waals surface area contributed by atoms with Gasteiger partial charge in [0.15, 0.2) is 0 Å². The van der Waals surface area contributed by atoms with Crippen LogP contribution in [0.3, 0.4) is 0 Å². The second kappa shape index (κ2) is 15.2. The van der Waals surface area contributed by atoms with Gasteiger partial charge in [-0.1, -0.05) is 80.9 Å². The van der Waals surface area contributed by atoms with Crippen molar-refractivity contribution in [3.8, 4) is 0 Å². The zero-order chi connectivity index (χ0) is 28.9. The molecule has 5 unspecified atom stereocenters. The van der Waals surface area contributed by atoms with E-state index in [1.807, 2.05) is 6.07 Å². The molecule has 11 heteroatoms. The van der Waals surface area contributed by atoms with Crippen LogP contribution in [-0.4, -0.2) is 64.0 Å². The molecule has 0 bridgehead atoms. The lowest BCUT2D eigenvalue weighted by molar-refractivity contribution is -0.143. The normalized spacial score (nSPS) is 14.6. The van der Waals surface area contributed by atoms with Crippen LogP contribution < -0.4 is 21.7 Å². The highest BCUT2D eigenvalue weighted by molar-refractivity contribution is 5.95. The van der Waals surface area contributed by atoms with Crippen molar-refractivity contribution in [3.05, 3.63) is 71.8 Å². The van der Waals surface area contributed by atoms with E-state index in [9.17, 15) is 34.2 Å². The molecular formula is C28H36N4O7. The van der Waals surface area contributed by atoms with E-state index in [2.05, 4.69) is 16.0 Å². The third kappa shape index (κ3) is 10.2. The van der Waals surface area contributed by atoms with Crippen molar-refractivity contribution in [1.82, 2.24) is 16.0 Å². The Kier molecular flexibility index (Phi) is 12.1. The van der Waals surface area contributed by atoms with Crippen LogP contribution in [0, 0.1) is 5.92 Å². The quantitative estimate of drug-likeness (QED) is 0.192. The molecule has 0 saturated carbocycles. The van der Waals surface area contributed by atoms with Crippen molar-refractivity contribution in [2.24, 2.45) is 11.7 Å². The Labute approximate surface area is 227 Å². The number of nitrogens with two attached hydrogens (primary N) is 1. The number of nitrogens with one attached hydrogen (secondary N) is 3. The lowest BCUT2D eigenvalue weighted by atomic mass is 9.96. The van der Waals surface area contributed by atoms with Gasteiger partial charge in [-0.05, 0) is 23.5 Å². The highest BCUT2D eigenvalue weighted by Gasteiger charge is 2.33. The Morgan fingerprint density at radius 1 is 0.744 bits per heavy atom. The summed E-state index contributed by atoms with van der Waals surface area (Å²) < 4.78 is 0. The summed E-state index contributed by atoms with van der Waals surface area (Å²) in [4.78, 5) is 62.3. The van der Waals surface area contributed by atoms with Gasteiger partial charge in [0, 0.05) is 6.42 Å². The molecule has 0 heterocycles. The van der Waals surface area contributed by atoms with Gasteiger partial charge in [0.2, 0.25) is 17.7 Å². The predicted molar refractivity (Wildman–Crippen MR) is 143 cm³/mol. The van der Waals surface area contributed by atoms with Crippen LogP contribution >= 0.6 is 0 Å². The topological polar surface area (TPSA) is 188 Å². The number of carbonyl (C=O) groups is 5. The molecule has 5 atom stereocenters. The lowest BCUT2D eigenvalue weighted by Crippen LogP contribution is -2.59. The standard InChI is InChI=1S/C28H36N4O7/c1-3-17(2)24(27(37)31-22(28(38)39)15-19-12-8-5-9-13-19)32-26(36)21(16-23(33)34)30-25(35)20(29)14-18-10-6-4-7-11-18/h4-13,17,20-22,24H,3,14-16,29H2,1-2H3,(H,30,35)(H,31,37)(H,32,36)(H,33,34)(H,38,39). The van der Waals surface area contributed by atoms with Crippen molar-refractivity contribution in [1.29, 1.82) is 0 Å². The summed E-state index contributed by atoms with van der Waals surface area (Å²) >= 11 is 0.